The minimum atomic E-state index is -0.679. The van der Waals surface area contributed by atoms with Crippen LogP contribution in [0.1, 0.15) is 12.5 Å². The third-order valence-electron chi connectivity index (χ3n) is 3.37. The molecule has 0 fully saturated rings. The Balaban J connectivity index is 1.72. The van der Waals surface area contributed by atoms with Gasteiger partial charge in [0.2, 0.25) is 5.91 Å². The molecule has 0 aromatic heterocycles. The molecular formula is C18H20FN3O2. The van der Waals surface area contributed by atoms with Gasteiger partial charge in [-0.1, -0.05) is 30.3 Å². The standard InChI is InChI=1S/C18H20FN3O2/c1-13(21-18(24)22-16-8-3-2-4-9-16)17(23)20-11-10-14-6-5-7-15(19)12-14/h2-9,12-13H,10-11H2,1H3,(H,20,23)(H2,21,22,24). The second-order valence-corrected chi connectivity index (χ2v) is 5.36. The molecule has 0 bridgehead atoms. The van der Waals surface area contributed by atoms with E-state index in [1.165, 1.54) is 12.1 Å². The fourth-order valence-corrected chi connectivity index (χ4v) is 2.13. The van der Waals surface area contributed by atoms with E-state index in [2.05, 4.69) is 16.0 Å². The van der Waals surface area contributed by atoms with Gasteiger partial charge >= 0.3 is 6.03 Å². The van der Waals surface area contributed by atoms with Crippen LogP contribution in [0.4, 0.5) is 14.9 Å². The zero-order valence-electron chi connectivity index (χ0n) is 13.4. The molecule has 24 heavy (non-hydrogen) atoms. The topological polar surface area (TPSA) is 70.2 Å². The van der Waals surface area contributed by atoms with Crippen molar-refractivity contribution in [2.75, 3.05) is 11.9 Å². The van der Waals surface area contributed by atoms with Gasteiger partial charge < -0.3 is 16.0 Å². The average molecular weight is 329 g/mol. The Morgan fingerprint density at radius 1 is 1.08 bits per heavy atom. The minimum Gasteiger partial charge on any atom is -0.354 e. The third-order valence-corrected chi connectivity index (χ3v) is 3.37. The van der Waals surface area contributed by atoms with Gasteiger partial charge in [0.25, 0.3) is 0 Å². The van der Waals surface area contributed by atoms with Crippen LogP contribution in [0.3, 0.4) is 0 Å². The normalized spacial score (nSPS) is 11.4. The van der Waals surface area contributed by atoms with E-state index in [1.807, 2.05) is 6.07 Å². The van der Waals surface area contributed by atoms with Crippen LogP contribution in [-0.4, -0.2) is 24.5 Å². The van der Waals surface area contributed by atoms with Crippen LogP contribution in [0.25, 0.3) is 0 Å². The van der Waals surface area contributed by atoms with Crippen LogP contribution in [0.2, 0.25) is 0 Å². The predicted molar refractivity (Wildman–Crippen MR) is 91.2 cm³/mol. The number of rotatable bonds is 6. The fourth-order valence-electron chi connectivity index (χ4n) is 2.13. The highest BCUT2D eigenvalue weighted by molar-refractivity contribution is 5.93. The quantitative estimate of drug-likeness (QED) is 0.762. The van der Waals surface area contributed by atoms with Gasteiger partial charge in [-0.05, 0) is 43.2 Å². The number of benzene rings is 2. The molecule has 126 valence electrons. The molecule has 1 unspecified atom stereocenters. The van der Waals surface area contributed by atoms with Crippen molar-refractivity contribution in [3.05, 3.63) is 66.0 Å². The monoisotopic (exact) mass is 329 g/mol. The molecule has 2 aromatic rings. The first kappa shape index (κ1) is 17.5. The van der Waals surface area contributed by atoms with Crippen LogP contribution in [-0.2, 0) is 11.2 Å². The van der Waals surface area contributed by atoms with E-state index in [9.17, 15) is 14.0 Å². The summed E-state index contributed by atoms with van der Waals surface area (Å²) in [5.74, 6) is -0.596. The number of urea groups is 1. The number of halogens is 1. The molecule has 2 rings (SSSR count). The highest BCUT2D eigenvalue weighted by atomic mass is 19.1. The van der Waals surface area contributed by atoms with Crippen molar-refractivity contribution in [3.63, 3.8) is 0 Å². The zero-order chi connectivity index (χ0) is 17.4. The van der Waals surface area contributed by atoms with E-state index >= 15 is 0 Å². The van der Waals surface area contributed by atoms with E-state index in [4.69, 9.17) is 0 Å². The van der Waals surface area contributed by atoms with Crippen molar-refractivity contribution in [2.24, 2.45) is 0 Å². The Bertz CT molecular complexity index is 692. The summed E-state index contributed by atoms with van der Waals surface area (Å²) >= 11 is 0. The van der Waals surface area contributed by atoms with Crippen molar-refractivity contribution < 1.29 is 14.0 Å². The van der Waals surface area contributed by atoms with Gasteiger partial charge in [0.1, 0.15) is 11.9 Å². The maximum Gasteiger partial charge on any atom is 0.319 e. The van der Waals surface area contributed by atoms with Crippen molar-refractivity contribution in [3.8, 4) is 0 Å². The van der Waals surface area contributed by atoms with Crippen LogP contribution in [0.15, 0.2) is 54.6 Å². The summed E-state index contributed by atoms with van der Waals surface area (Å²) in [6, 6.07) is 14.1. The van der Waals surface area contributed by atoms with E-state index < -0.39 is 12.1 Å². The third kappa shape index (κ3) is 5.72. The van der Waals surface area contributed by atoms with Gasteiger partial charge in [-0.2, -0.15) is 0 Å². The number of para-hydroxylation sites is 1. The van der Waals surface area contributed by atoms with Crippen LogP contribution in [0, 0.1) is 5.82 Å². The molecule has 5 nitrogen and oxygen atoms in total. The first-order valence-electron chi connectivity index (χ1n) is 7.69. The lowest BCUT2D eigenvalue weighted by Crippen LogP contribution is -2.46. The second-order valence-electron chi connectivity index (χ2n) is 5.36. The molecule has 6 heteroatoms. The Labute approximate surface area is 140 Å². The number of carbonyl (C=O) groups excluding carboxylic acids is 2. The molecule has 3 N–H and O–H groups in total. The highest BCUT2D eigenvalue weighted by Gasteiger charge is 2.15. The predicted octanol–water partition coefficient (Wildman–Crippen LogP) is 2.69. The van der Waals surface area contributed by atoms with Gasteiger partial charge in [-0.3, -0.25) is 4.79 Å². The summed E-state index contributed by atoms with van der Waals surface area (Å²) in [6.07, 6.45) is 0.520. The molecule has 3 amide bonds. The first-order valence-corrected chi connectivity index (χ1v) is 7.69. The lowest BCUT2D eigenvalue weighted by Gasteiger charge is -2.15. The molecule has 0 aliphatic carbocycles. The molecule has 0 spiro atoms. The fraction of sp³-hybridized carbons (Fsp3) is 0.222. The molecule has 1 atom stereocenters. The van der Waals surface area contributed by atoms with Gasteiger partial charge in [0.05, 0.1) is 0 Å². The van der Waals surface area contributed by atoms with Crippen LogP contribution < -0.4 is 16.0 Å². The molecule has 2 aromatic carbocycles. The molecular weight excluding hydrogens is 309 g/mol. The number of amides is 3. The molecule has 0 aliphatic heterocycles. The van der Waals surface area contributed by atoms with Crippen LogP contribution >= 0.6 is 0 Å². The Morgan fingerprint density at radius 3 is 2.54 bits per heavy atom. The van der Waals surface area contributed by atoms with E-state index in [-0.39, 0.29) is 11.7 Å². The minimum absolute atomic E-state index is 0.297. The Morgan fingerprint density at radius 2 is 1.83 bits per heavy atom. The van der Waals surface area contributed by atoms with Gasteiger partial charge in [0, 0.05) is 12.2 Å². The molecule has 0 radical (unpaired) electrons. The summed E-state index contributed by atoms with van der Waals surface area (Å²) < 4.78 is 13.1. The van der Waals surface area contributed by atoms with Crippen molar-refractivity contribution in [1.82, 2.24) is 10.6 Å². The van der Waals surface area contributed by atoms with E-state index in [0.717, 1.165) is 5.56 Å². The second kappa shape index (κ2) is 8.67. The molecule has 0 saturated heterocycles. The lowest BCUT2D eigenvalue weighted by molar-refractivity contribution is -0.122. The van der Waals surface area contributed by atoms with Crippen LogP contribution in [0.5, 0.6) is 0 Å². The zero-order valence-corrected chi connectivity index (χ0v) is 13.4. The summed E-state index contributed by atoms with van der Waals surface area (Å²) in [5, 5.41) is 7.92. The van der Waals surface area contributed by atoms with Crippen molar-refractivity contribution in [1.29, 1.82) is 0 Å². The molecule has 0 heterocycles. The number of anilines is 1. The smallest absolute Gasteiger partial charge is 0.319 e. The largest absolute Gasteiger partial charge is 0.354 e. The van der Waals surface area contributed by atoms with Crippen molar-refractivity contribution in [2.45, 2.75) is 19.4 Å². The Kier molecular flexibility index (Phi) is 6.31. The molecule has 0 saturated carbocycles. The van der Waals surface area contributed by atoms with Gasteiger partial charge in [0.15, 0.2) is 0 Å². The lowest BCUT2D eigenvalue weighted by atomic mass is 10.1. The highest BCUT2D eigenvalue weighted by Crippen LogP contribution is 2.05. The summed E-state index contributed by atoms with van der Waals surface area (Å²) in [4.78, 5) is 23.8. The van der Waals surface area contributed by atoms with E-state index in [1.54, 1.807) is 43.3 Å². The van der Waals surface area contributed by atoms with Gasteiger partial charge in [-0.25, -0.2) is 9.18 Å². The number of carbonyl (C=O) groups is 2. The van der Waals surface area contributed by atoms with E-state index in [0.29, 0.717) is 18.7 Å². The molecule has 0 aliphatic rings. The number of hydrogen-bond donors (Lipinski definition) is 3. The van der Waals surface area contributed by atoms with Crippen molar-refractivity contribution >= 4 is 17.6 Å². The summed E-state index contributed by atoms with van der Waals surface area (Å²) in [5.41, 5.74) is 1.45. The SMILES string of the molecule is CC(NC(=O)Nc1ccccc1)C(=O)NCCc1cccc(F)c1. The maximum absolute atomic E-state index is 13.1. The number of nitrogens with one attached hydrogen (secondary N) is 3. The number of hydrogen-bond acceptors (Lipinski definition) is 2. The maximum atomic E-state index is 13.1. The first-order chi connectivity index (χ1) is 11.5. The summed E-state index contributed by atoms with van der Waals surface area (Å²) in [7, 11) is 0. The average Bonchev–Trinajstić information content (AvgIpc) is 2.55. The summed E-state index contributed by atoms with van der Waals surface area (Å²) in [6.45, 7) is 1.97. The van der Waals surface area contributed by atoms with Gasteiger partial charge in [-0.15, -0.1) is 0 Å². The Hall–Kier alpha value is -2.89.